The van der Waals surface area contributed by atoms with Gasteiger partial charge in [-0.2, -0.15) is 0 Å². The summed E-state index contributed by atoms with van der Waals surface area (Å²) in [5.41, 5.74) is 3.45. The summed E-state index contributed by atoms with van der Waals surface area (Å²) in [5, 5.41) is 0.152. The normalized spacial score (nSPS) is 20.0. The van der Waals surface area contributed by atoms with Gasteiger partial charge in [-0.05, 0) is 29.5 Å². The molecule has 1 unspecified atom stereocenters. The fourth-order valence-corrected chi connectivity index (χ4v) is 3.38. The highest BCUT2D eigenvalue weighted by atomic mass is 32.2. The van der Waals surface area contributed by atoms with E-state index in [0.717, 1.165) is 17.7 Å². The molecule has 1 aromatic carbocycles. The van der Waals surface area contributed by atoms with Gasteiger partial charge in [0.15, 0.2) is 5.78 Å². The fraction of sp³-hybridized carbons (Fsp3) is 0.500. The second kappa shape index (κ2) is 4.62. The second-order valence-electron chi connectivity index (χ2n) is 4.68. The Balaban J connectivity index is 2.38. The standard InChI is InChI=1S/C14H18OS/c1-4-10-5-6-11-8-16-14(9(2)3)13(15)12(11)7-10/h5-7,9,14H,4,8H2,1-3H3. The Morgan fingerprint density at radius 2 is 2.19 bits per heavy atom. The largest absolute Gasteiger partial charge is 0.293 e. The maximum Gasteiger partial charge on any atom is 0.176 e. The summed E-state index contributed by atoms with van der Waals surface area (Å²) < 4.78 is 0. The van der Waals surface area contributed by atoms with Crippen molar-refractivity contribution in [3.8, 4) is 0 Å². The van der Waals surface area contributed by atoms with Crippen LogP contribution in [0.25, 0.3) is 0 Å². The van der Waals surface area contributed by atoms with E-state index in [-0.39, 0.29) is 5.25 Å². The van der Waals surface area contributed by atoms with E-state index in [4.69, 9.17) is 0 Å². The highest BCUT2D eigenvalue weighted by Crippen LogP contribution is 2.34. The molecule has 86 valence electrons. The third-order valence-electron chi connectivity index (χ3n) is 3.13. The van der Waals surface area contributed by atoms with Gasteiger partial charge in [0.1, 0.15) is 0 Å². The molecule has 1 heterocycles. The lowest BCUT2D eigenvalue weighted by Crippen LogP contribution is -2.28. The van der Waals surface area contributed by atoms with Crippen molar-refractivity contribution in [3.05, 3.63) is 34.9 Å². The van der Waals surface area contributed by atoms with Crippen LogP contribution in [0.4, 0.5) is 0 Å². The zero-order valence-electron chi connectivity index (χ0n) is 10.1. The first kappa shape index (κ1) is 11.7. The molecule has 0 amide bonds. The number of Topliss-reactive ketones (excluding diaryl/α,β-unsaturated/α-hetero) is 1. The Morgan fingerprint density at radius 3 is 2.81 bits per heavy atom. The van der Waals surface area contributed by atoms with Gasteiger partial charge in [0.25, 0.3) is 0 Å². The summed E-state index contributed by atoms with van der Waals surface area (Å²) in [7, 11) is 0. The molecule has 0 fully saturated rings. The van der Waals surface area contributed by atoms with E-state index in [2.05, 4.69) is 39.0 Å². The molecular formula is C14H18OS. The van der Waals surface area contributed by atoms with Gasteiger partial charge < -0.3 is 0 Å². The molecule has 0 bridgehead atoms. The lowest BCUT2D eigenvalue weighted by atomic mass is 9.94. The van der Waals surface area contributed by atoms with Crippen LogP contribution in [0, 0.1) is 5.92 Å². The molecule has 0 saturated heterocycles. The van der Waals surface area contributed by atoms with Crippen LogP contribution in [0.3, 0.4) is 0 Å². The highest BCUT2D eigenvalue weighted by Gasteiger charge is 2.29. The number of aryl methyl sites for hydroxylation is 1. The number of fused-ring (bicyclic) bond motifs is 1. The summed E-state index contributed by atoms with van der Waals surface area (Å²) >= 11 is 1.79. The van der Waals surface area contributed by atoms with E-state index in [1.807, 2.05) is 0 Å². The molecule has 1 nitrogen and oxygen atoms in total. The number of hydrogen-bond donors (Lipinski definition) is 0. The smallest absolute Gasteiger partial charge is 0.176 e. The summed E-state index contributed by atoms with van der Waals surface area (Å²) in [5.74, 6) is 1.74. The summed E-state index contributed by atoms with van der Waals surface area (Å²) in [6, 6.07) is 6.35. The van der Waals surface area contributed by atoms with Gasteiger partial charge in [-0.25, -0.2) is 0 Å². The Morgan fingerprint density at radius 1 is 1.44 bits per heavy atom. The first-order chi connectivity index (χ1) is 7.63. The SMILES string of the molecule is CCc1ccc2c(c1)C(=O)C(C(C)C)SC2. The second-order valence-corrected chi connectivity index (χ2v) is 5.81. The minimum Gasteiger partial charge on any atom is -0.293 e. The van der Waals surface area contributed by atoms with Crippen LogP contribution in [0.2, 0.25) is 0 Å². The molecule has 0 radical (unpaired) electrons. The predicted octanol–water partition coefficient (Wildman–Crippen LogP) is 3.70. The molecule has 1 aliphatic rings. The van der Waals surface area contributed by atoms with E-state index in [0.29, 0.717) is 11.7 Å². The maximum atomic E-state index is 12.3. The van der Waals surface area contributed by atoms with Crippen LogP contribution in [0.1, 0.15) is 42.3 Å². The van der Waals surface area contributed by atoms with Crippen LogP contribution < -0.4 is 0 Å². The zero-order chi connectivity index (χ0) is 11.7. The Kier molecular flexibility index (Phi) is 3.38. The van der Waals surface area contributed by atoms with Crippen LogP contribution in [0.15, 0.2) is 18.2 Å². The maximum absolute atomic E-state index is 12.3. The molecule has 1 aromatic rings. The molecule has 1 aliphatic heterocycles. The average Bonchev–Trinajstić information content (AvgIpc) is 2.28. The molecule has 0 N–H and O–H groups in total. The lowest BCUT2D eigenvalue weighted by Gasteiger charge is -2.26. The average molecular weight is 234 g/mol. The van der Waals surface area contributed by atoms with Gasteiger partial charge in [0, 0.05) is 11.3 Å². The monoisotopic (exact) mass is 234 g/mol. The molecule has 16 heavy (non-hydrogen) atoms. The first-order valence-corrected chi connectivity index (χ1v) is 6.96. The number of carbonyl (C=O) groups excluding carboxylic acids is 1. The molecule has 0 aromatic heterocycles. The third-order valence-corrected chi connectivity index (χ3v) is 4.73. The molecule has 2 heteroatoms. The molecule has 0 spiro atoms. The van der Waals surface area contributed by atoms with Gasteiger partial charge in [-0.15, -0.1) is 11.8 Å². The van der Waals surface area contributed by atoms with E-state index in [1.54, 1.807) is 11.8 Å². The van der Waals surface area contributed by atoms with E-state index >= 15 is 0 Å². The first-order valence-electron chi connectivity index (χ1n) is 5.91. The molecule has 0 aliphatic carbocycles. The number of thioether (sulfide) groups is 1. The predicted molar refractivity (Wildman–Crippen MR) is 70.1 cm³/mol. The van der Waals surface area contributed by atoms with Crippen LogP contribution in [0.5, 0.6) is 0 Å². The number of benzene rings is 1. The van der Waals surface area contributed by atoms with Gasteiger partial charge in [0.05, 0.1) is 5.25 Å². The minimum atomic E-state index is 0.152. The van der Waals surface area contributed by atoms with Crippen molar-refractivity contribution in [3.63, 3.8) is 0 Å². The van der Waals surface area contributed by atoms with Gasteiger partial charge in [0.2, 0.25) is 0 Å². The van der Waals surface area contributed by atoms with Crippen LogP contribution in [-0.4, -0.2) is 11.0 Å². The highest BCUT2D eigenvalue weighted by molar-refractivity contribution is 8.00. The van der Waals surface area contributed by atoms with E-state index < -0.39 is 0 Å². The number of rotatable bonds is 2. The van der Waals surface area contributed by atoms with Crippen LogP contribution in [-0.2, 0) is 12.2 Å². The van der Waals surface area contributed by atoms with Crippen molar-refractivity contribution >= 4 is 17.5 Å². The van der Waals surface area contributed by atoms with Crippen LogP contribution >= 0.6 is 11.8 Å². The van der Waals surface area contributed by atoms with Crippen molar-refractivity contribution in [1.82, 2.24) is 0 Å². The fourth-order valence-electron chi connectivity index (χ4n) is 2.10. The zero-order valence-corrected chi connectivity index (χ0v) is 10.9. The van der Waals surface area contributed by atoms with Crippen molar-refractivity contribution in [2.45, 2.75) is 38.2 Å². The quantitative estimate of drug-likeness (QED) is 0.776. The molecule has 1 atom stereocenters. The molecule has 2 rings (SSSR count). The summed E-state index contributed by atoms with van der Waals surface area (Å²) in [6.07, 6.45) is 1.00. The minimum absolute atomic E-state index is 0.152. The summed E-state index contributed by atoms with van der Waals surface area (Å²) in [4.78, 5) is 12.3. The van der Waals surface area contributed by atoms with Crippen molar-refractivity contribution in [1.29, 1.82) is 0 Å². The van der Waals surface area contributed by atoms with Gasteiger partial charge in [-0.1, -0.05) is 32.9 Å². The van der Waals surface area contributed by atoms with Crippen molar-refractivity contribution < 1.29 is 4.79 Å². The van der Waals surface area contributed by atoms with Crippen molar-refractivity contribution in [2.75, 3.05) is 0 Å². The topological polar surface area (TPSA) is 17.1 Å². The summed E-state index contributed by atoms with van der Waals surface area (Å²) in [6.45, 7) is 6.39. The van der Waals surface area contributed by atoms with E-state index in [9.17, 15) is 4.79 Å². The Hall–Kier alpha value is -0.760. The number of hydrogen-bond acceptors (Lipinski definition) is 2. The molecular weight excluding hydrogens is 216 g/mol. The lowest BCUT2D eigenvalue weighted by molar-refractivity contribution is 0.0973. The number of ketones is 1. The van der Waals surface area contributed by atoms with Gasteiger partial charge >= 0.3 is 0 Å². The van der Waals surface area contributed by atoms with Crippen molar-refractivity contribution in [2.24, 2.45) is 5.92 Å². The molecule has 0 saturated carbocycles. The number of carbonyl (C=O) groups is 1. The Bertz CT molecular complexity index is 409. The Labute approximate surface area is 102 Å². The van der Waals surface area contributed by atoms with E-state index in [1.165, 1.54) is 11.1 Å². The van der Waals surface area contributed by atoms with Gasteiger partial charge in [-0.3, -0.25) is 4.79 Å². The third kappa shape index (κ3) is 2.03.